The van der Waals surface area contributed by atoms with Crippen LogP contribution in [0.15, 0.2) is 24.3 Å². The minimum atomic E-state index is -1.12. The SMILES string of the molecule is CN(C(=O)[C@@H](N)C1CCC(NC(=O)c2ccccc2C(=O)O)CC1)C1CCC1. The Morgan fingerprint density at radius 1 is 1.07 bits per heavy atom. The fourth-order valence-corrected chi connectivity index (χ4v) is 4.14. The number of benzene rings is 1. The van der Waals surface area contributed by atoms with Crippen molar-refractivity contribution in [1.82, 2.24) is 10.2 Å². The highest BCUT2D eigenvalue weighted by Crippen LogP contribution is 2.29. The van der Waals surface area contributed by atoms with Gasteiger partial charge >= 0.3 is 5.97 Å². The predicted octanol–water partition coefficient (Wildman–Crippen LogP) is 2.01. The highest BCUT2D eigenvalue weighted by Gasteiger charge is 2.34. The summed E-state index contributed by atoms with van der Waals surface area (Å²) in [6, 6.07) is 6.02. The first-order valence-corrected chi connectivity index (χ1v) is 10.0. The Bertz CT molecular complexity index is 739. The van der Waals surface area contributed by atoms with Crippen molar-refractivity contribution in [2.24, 2.45) is 11.7 Å². The summed E-state index contributed by atoms with van der Waals surface area (Å²) in [4.78, 5) is 38.2. The Balaban J connectivity index is 1.52. The van der Waals surface area contributed by atoms with Crippen molar-refractivity contribution in [3.8, 4) is 0 Å². The monoisotopic (exact) mass is 387 g/mol. The molecule has 3 rings (SSSR count). The maximum absolute atomic E-state index is 12.6. The zero-order chi connectivity index (χ0) is 20.3. The standard InChI is InChI=1S/C21H29N3O4/c1-24(15-5-4-6-15)20(26)18(22)13-9-11-14(12-10-13)23-19(25)16-7-2-3-8-17(16)21(27)28/h2-3,7-8,13-15,18H,4-6,9-12,22H2,1H3,(H,23,25)(H,27,28)/t13?,14?,18-/m0/s1. The molecular weight excluding hydrogens is 358 g/mol. The van der Waals surface area contributed by atoms with Crippen LogP contribution in [0.4, 0.5) is 0 Å². The molecule has 0 radical (unpaired) electrons. The zero-order valence-electron chi connectivity index (χ0n) is 16.3. The molecule has 2 aliphatic rings. The van der Waals surface area contributed by atoms with E-state index >= 15 is 0 Å². The van der Waals surface area contributed by atoms with Gasteiger partial charge in [-0.05, 0) is 63.0 Å². The molecule has 1 atom stereocenters. The summed E-state index contributed by atoms with van der Waals surface area (Å²) < 4.78 is 0. The molecule has 1 aromatic carbocycles. The van der Waals surface area contributed by atoms with Crippen LogP contribution in [0.25, 0.3) is 0 Å². The van der Waals surface area contributed by atoms with Gasteiger partial charge in [0.2, 0.25) is 5.91 Å². The van der Waals surface area contributed by atoms with Crippen LogP contribution in [-0.2, 0) is 4.79 Å². The van der Waals surface area contributed by atoms with Crippen LogP contribution in [0.2, 0.25) is 0 Å². The van der Waals surface area contributed by atoms with E-state index in [2.05, 4.69) is 5.32 Å². The fourth-order valence-electron chi connectivity index (χ4n) is 4.14. The summed E-state index contributed by atoms with van der Waals surface area (Å²) in [5.41, 5.74) is 6.43. The number of nitrogens with two attached hydrogens (primary N) is 1. The molecule has 0 spiro atoms. The highest BCUT2D eigenvalue weighted by molar-refractivity contribution is 6.04. The first-order chi connectivity index (χ1) is 13.4. The van der Waals surface area contributed by atoms with Gasteiger partial charge in [-0.25, -0.2) is 4.79 Å². The van der Waals surface area contributed by atoms with E-state index in [0.29, 0.717) is 6.04 Å². The molecule has 2 aliphatic carbocycles. The number of carbonyl (C=O) groups excluding carboxylic acids is 2. The maximum atomic E-state index is 12.6. The topological polar surface area (TPSA) is 113 Å². The molecule has 0 aromatic heterocycles. The third-order valence-electron chi connectivity index (χ3n) is 6.27. The summed E-state index contributed by atoms with van der Waals surface area (Å²) in [5, 5.41) is 12.2. The molecule has 0 bridgehead atoms. The zero-order valence-corrected chi connectivity index (χ0v) is 16.3. The van der Waals surface area contributed by atoms with E-state index in [0.717, 1.165) is 38.5 Å². The van der Waals surface area contributed by atoms with Crippen molar-refractivity contribution in [1.29, 1.82) is 0 Å². The van der Waals surface area contributed by atoms with E-state index in [1.54, 1.807) is 12.1 Å². The number of hydrogen-bond donors (Lipinski definition) is 3. The first kappa shape index (κ1) is 20.3. The van der Waals surface area contributed by atoms with E-state index < -0.39 is 12.0 Å². The predicted molar refractivity (Wildman–Crippen MR) is 105 cm³/mol. The number of aromatic carboxylic acids is 1. The normalized spacial score (nSPS) is 23.4. The molecular formula is C21H29N3O4. The summed E-state index contributed by atoms with van der Waals surface area (Å²) in [7, 11) is 1.85. The third kappa shape index (κ3) is 4.35. The molecule has 4 N–H and O–H groups in total. The summed E-state index contributed by atoms with van der Waals surface area (Å²) in [6.07, 6.45) is 6.32. The smallest absolute Gasteiger partial charge is 0.336 e. The maximum Gasteiger partial charge on any atom is 0.336 e. The Kier molecular flexibility index (Phi) is 6.34. The number of amides is 2. The average Bonchev–Trinajstić information content (AvgIpc) is 2.66. The van der Waals surface area contributed by atoms with Gasteiger partial charge in [0, 0.05) is 19.1 Å². The molecule has 0 unspecified atom stereocenters. The summed E-state index contributed by atoms with van der Waals surface area (Å²) in [6.45, 7) is 0. The van der Waals surface area contributed by atoms with Crippen molar-refractivity contribution < 1.29 is 19.5 Å². The van der Waals surface area contributed by atoms with Gasteiger partial charge in [0.1, 0.15) is 0 Å². The fraction of sp³-hybridized carbons (Fsp3) is 0.571. The van der Waals surface area contributed by atoms with Gasteiger partial charge in [0.15, 0.2) is 0 Å². The van der Waals surface area contributed by atoms with Crippen LogP contribution >= 0.6 is 0 Å². The number of carboxylic acids is 1. The largest absolute Gasteiger partial charge is 0.478 e. The highest BCUT2D eigenvalue weighted by atomic mass is 16.4. The number of rotatable bonds is 6. The van der Waals surface area contributed by atoms with Crippen LogP contribution in [-0.4, -0.2) is 53.0 Å². The van der Waals surface area contributed by atoms with Crippen LogP contribution in [0.3, 0.4) is 0 Å². The number of likely N-dealkylation sites (N-methyl/N-ethyl adjacent to an activating group) is 1. The van der Waals surface area contributed by atoms with Gasteiger partial charge in [-0.15, -0.1) is 0 Å². The van der Waals surface area contributed by atoms with E-state index in [9.17, 15) is 19.5 Å². The van der Waals surface area contributed by atoms with Crippen LogP contribution in [0.5, 0.6) is 0 Å². The van der Waals surface area contributed by atoms with Crippen molar-refractivity contribution in [3.05, 3.63) is 35.4 Å². The number of nitrogens with one attached hydrogen (secondary N) is 1. The van der Waals surface area contributed by atoms with E-state index in [-0.39, 0.29) is 34.9 Å². The quantitative estimate of drug-likeness (QED) is 0.691. The van der Waals surface area contributed by atoms with Crippen LogP contribution in [0.1, 0.15) is 65.7 Å². The second-order valence-corrected chi connectivity index (χ2v) is 8.00. The molecule has 2 fully saturated rings. The molecule has 7 heteroatoms. The molecule has 2 amide bonds. The van der Waals surface area contributed by atoms with E-state index in [1.807, 2.05) is 11.9 Å². The Labute approximate surface area is 165 Å². The van der Waals surface area contributed by atoms with Gasteiger partial charge in [-0.2, -0.15) is 0 Å². The minimum absolute atomic E-state index is 0.000311. The Morgan fingerprint density at radius 3 is 2.21 bits per heavy atom. The molecule has 2 saturated carbocycles. The second-order valence-electron chi connectivity index (χ2n) is 8.00. The number of carboxylic acid groups (broad SMARTS) is 1. The number of nitrogens with zero attached hydrogens (tertiary/aromatic N) is 1. The lowest BCUT2D eigenvalue weighted by atomic mass is 9.80. The summed E-state index contributed by atoms with van der Waals surface area (Å²) in [5.74, 6) is -1.34. The third-order valence-corrected chi connectivity index (χ3v) is 6.27. The first-order valence-electron chi connectivity index (χ1n) is 10.0. The molecule has 0 aliphatic heterocycles. The summed E-state index contributed by atoms with van der Waals surface area (Å²) >= 11 is 0. The van der Waals surface area contributed by atoms with Gasteiger partial charge in [0.25, 0.3) is 5.91 Å². The van der Waals surface area contributed by atoms with Crippen LogP contribution in [0, 0.1) is 5.92 Å². The number of carbonyl (C=O) groups is 3. The molecule has 0 heterocycles. The lowest BCUT2D eigenvalue weighted by Crippen LogP contribution is -2.52. The van der Waals surface area contributed by atoms with Gasteiger partial charge in [0.05, 0.1) is 17.2 Å². The lowest BCUT2D eigenvalue weighted by molar-refractivity contribution is -0.136. The Morgan fingerprint density at radius 2 is 1.68 bits per heavy atom. The van der Waals surface area contributed by atoms with Crippen molar-refractivity contribution in [2.75, 3.05) is 7.05 Å². The van der Waals surface area contributed by atoms with Crippen molar-refractivity contribution in [3.63, 3.8) is 0 Å². The molecule has 28 heavy (non-hydrogen) atoms. The lowest BCUT2D eigenvalue weighted by Gasteiger charge is -2.38. The minimum Gasteiger partial charge on any atom is -0.478 e. The second kappa shape index (κ2) is 8.73. The Hall–Kier alpha value is -2.41. The van der Waals surface area contributed by atoms with E-state index in [4.69, 9.17) is 5.73 Å². The molecule has 152 valence electrons. The molecule has 1 aromatic rings. The average molecular weight is 387 g/mol. The van der Waals surface area contributed by atoms with Crippen molar-refractivity contribution >= 4 is 17.8 Å². The molecule has 0 saturated heterocycles. The number of hydrogen-bond acceptors (Lipinski definition) is 4. The van der Waals surface area contributed by atoms with Gasteiger partial charge < -0.3 is 21.1 Å². The molecule has 7 nitrogen and oxygen atoms in total. The van der Waals surface area contributed by atoms with Crippen LogP contribution < -0.4 is 11.1 Å². The van der Waals surface area contributed by atoms with Gasteiger partial charge in [-0.3, -0.25) is 9.59 Å². The van der Waals surface area contributed by atoms with Gasteiger partial charge in [-0.1, -0.05) is 12.1 Å². The van der Waals surface area contributed by atoms with Crippen molar-refractivity contribution in [2.45, 2.75) is 63.1 Å². The van der Waals surface area contributed by atoms with E-state index in [1.165, 1.54) is 18.6 Å².